The van der Waals surface area contributed by atoms with Gasteiger partial charge in [-0.25, -0.2) is 13.9 Å². The molecular formula is C35H32ClFN4O5S. The number of esters is 1. The monoisotopic (exact) mass is 674 g/mol. The number of anilines is 1. The van der Waals surface area contributed by atoms with E-state index in [1.807, 2.05) is 51.1 Å². The lowest BCUT2D eigenvalue weighted by Gasteiger charge is -2.21. The molecule has 12 heteroatoms. The normalized spacial score (nSPS) is 11.9. The van der Waals surface area contributed by atoms with Gasteiger partial charge in [0.25, 0.3) is 11.8 Å². The Hall–Kier alpha value is -5.00. The molecule has 47 heavy (non-hydrogen) atoms. The predicted octanol–water partition coefficient (Wildman–Crippen LogP) is 7.34. The van der Waals surface area contributed by atoms with E-state index < -0.39 is 29.6 Å². The number of nitrogens with one attached hydrogen (secondary N) is 2. The Morgan fingerprint density at radius 2 is 1.70 bits per heavy atom. The Labute approximate surface area is 280 Å². The van der Waals surface area contributed by atoms with Crippen LogP contribution in [0.3, 0.4) is 0 Å². The Bertz CT molecular complexity index is 1900. The van der Waals surface area contributed by atoms with E-state index in [2.05, 4.69) is 15.7 Å². The lowest BCUT2D eigenvalue weighted by atomic mass is 10.0. The smallest absolute Gasteiger partial charge is 0.328 e. The number of rotatable bonds is 10. The van der Waals surface area contributed by atoms with E-state index in [0.29, 0.717) is 20.7 Å². The van der Waals surface area contributed by atoms with Gasteiger partial charge in [0.1, 0.15) is 28.9 Å². The van der Waals surface area contributed by atoms with Gasteiger partial charge in [-0.15, -0.1) is 11.3 Å². The van der Waals surface area contributed by atoms with Gasteiger partial charge < -0.3 is 20.1 Å². The molecule has 242 valence electrons. The van der Waals surface area contributed by atoms with Crippen LogP contribution in [0.4, 0.5) is 10.1 Å². The Kier molecular flexibility index (Phi) is 10.1. The Morgan fingerprint density at radius 3 is 2.34 bits per heavy atom. The van der Waals surface area contributed by atoms with Crippen molar-refractivity contribution >= 4 is 46.4 Å². The van der Waals surface area contributed by atoms with Gasteiger partial charge in [0.15, 0.2) is 0 Å². The fraction of sp³-hybridized carbons (Fsp3) is 0.200. The first-order chi connectivity index (χ1) is 22.4. The van der Waals surface area contributed by atoms with E-state index >= 15 is 0 Å². The first-order valence-corrected chi connectivity index (χ1v) is 15.8. The third kappa shape index (κ3) is 8.63. The maximum Gasteiger partial charge on any atom is 0.328 e. The molecule has 2 N–H and O–H groups in total. The summed E-state index contributed by atoms with van der Waals surface area (Å²) in [6.07, 6.45) is 1.69. The molecule has 0 bridgehead atoms. The number of amides is 2. The standard InChI is InChI=1S/C35H32ClFN4O5S/c1-35(2,3)46-26-12-10-21(11-13-26)16-28(34(44)45-4)39-32(42)22-17-23(37)19-24(18-22)38-33(43)27-20-41(25-8-6-5-7-9-25)40-31(27)29-14-15-30(36)47-29/h5-15,17-20,28H,16H2,1-4H3,(H,38,43)(H,39,42)/t28-/m0/s1. The highest BCUT2D eigenvalue weighted by molar-refractivity contribution is 7.19. The molecule has 0 unspecified atom stereocenters. The predicted molar refractivity (Wildman–Crippen MR) is 180 cm³/mol. The average molecular weight is 675 g/mol. The molecule has 2 aromatic heterocycles. The van der Waals surface area contributed by atoms with Gasteiger partial charge in [-0.3, -0.25) is 9.59 Å². The highest BCUT2D eigenvalue weighted by Gasteiger charge is 2.25. The van der Waals surface area contributed by atoms with E-state index in [-0.39, 0.29) is 28.8 Å². The summed E-state index contributed by atoms with van der Waals surface area (Å²) in [5, 5.41) is 9.93. The van der Waals surface area contributed by atoms with Crippen LogP contribution in [0.5, 0.6) is 5.75 Å². The molecule has 2 amide bonds. The van der Waals surface area contributed by atoms with Crippen molar-refractivity contribution < 1.29 is 28.2 Å². The summed E-state index contributed by atoms with van der Waals surface area (Å²) in [5.41, 5.74) is 1.63. The zero-order chi connectivity index (χ0) is 33.7. The number of hydrogen-bond donors (Lipinski definition) is 2. The third-order valence-corrected chi connectivity index (χ3v) is 8.02. The summed E-state index contributed by atoms with van der Waals surface area (Å²) in [6, 6.07) is 22.2. The van der Waals surface area contributed by atoms with Crippen molar-refractivity contribution in [2.24, 2.45) is 0 Å². The van der Waals surface area contributed by atoms with Gasteiger partial charge in [-0.05, 0) is 80.9 Å². The summed E-state index contributed by atoms with van der Waals surface area (Å²) in [4.78, 5) is 40.2. The number of nitrogens with zero attached hydrogens (tertiary/aromatic N) is 2. The van der Waals surface area contributed by atoms with Gasteiger partial charge >= 0.3 is 5.97 Å². The maximum atomic E-state index is 14.8. The number of aromatic nitrogens is 2. The highest BCUT2D eigenvalue weighted by Crippen LogP contribution is 2.33. The molecule has 2 heterocycles. The van der Waals surface area contributed by atoms with Crippen LogP contribution in [-0.4, -0.2) is 46.3 Å². The SMILES string of the molecule is COC(=O)[C@H](Cc1ccc(OC(C)(C)C)cc1)NC(=O)c1cc(F)cc(NC(=O)c2cn(-c3ccccc3)nc2-c2ccc(Cl)s2)c1. The second-order valence-electron chi connectivity index (χ2n) is 11.6. The van der Waals surface area contributed by atoms with E-state index in [0.717, 1.165) is 23.4 Å². The largest absolute Gasteiger partial charge is 0.488 e. The molecule has 0 radical (unpaired) electrons. The minimum atomic E-state index is -1.06. The van der Waals surface area contributed by atoms with Crippen LogP contribution in [-0.2, 0) is 16.0 Å². The second-order valence-corrected chi connectivity index (χ2v) is 13.3. The summed E-state index contributed by atoms with van der Waals surface area (Å²) < 4.78 is 27.7. The molecule has 5 rings (SSSR count). The Morgan fingerprint density at radius 1 is 0.979 bits per heavy atom. The number of ether oxygens (including phenoxy) is 2. The molecule has 0 saturated carbocycles. The first kappa shape index (κ1) is 33.4. The number of halogens is 2. The fourth-order valence-corrected chi connectivity index (χ4v) is 5.77. The molecule has 5 aromatic rings. The van der Waals surface area contributed by atoms with Gasteiger partial charge in [0, 0.05) is 23.9 Å². The van der Waals surface area contributed by atoms with Crippen LogP contribution >= 0.6 is 22.9 Å². The molecular weight excluding hydrogens is 643 g/mol. The summed E-state index contributed by atoms with van der Waals surface area (Å²) >= 11 is 7.43. The lowest BCUT2D eigenvalue weighted by molar-refractivity contribution is -0.142. The molecule has 0 fully saturated rings. The quantitative estimate of drug-likeness (QED) is 0.150. The lowest BCUT2D eigenvalue weighted by Crippen LogP contribution is -2.43. The number of methoxy groups -OCH3 is 1. The molecule has 0 aliphatic carbocycles. The van der Waals surface area contributed by atoms with Crippen LogP contribution in [0.1, 0.15) is 47.1 Å². The van der Waals surface area contributed by atoms with Crippen molar-refractivity contribution in [1.82, 2.24) is 15.1 Å². The molecule has 0 saturated heterocycles. The van der Waals surface area contributed by atoms with Crippen molar-refractivity contribution in [1.29, 1.82) is 0 Å². The molecule has 1 atom stereocenters. The van der Waals surface area contributed by atoms with Crippen LogP contribution in [0.15, 0.2) is 91.1 Å². The number of hydrogen-bond acceptors (Lipinski definition) is 7. The van der Waals surface area contributed by atoms with Crippen LogP contribution < -0.4 is 15.4 Å². The Balaban J connectivity index is 1.35. The molecule has 0 aliphatic heterocycles. The zero-order valence-corrected chi connectivity index (χ0v) is 27.6. The fourth-order valence-electron chi connectivity index (χ4n) is 4.73. The first-order valence-electron chi connectivity index (χ1n) is 14.6. The maximum absolute atomic E-state index is 14.8. The van der Waals surface area contributed by atoms with Crippen LogP contribution in [0.2, 0.25) is 4.34 Å². The van der Waals surface area contributed by atoms with Gasteiger partial charge in [-0.2, -0.15) is 5.10 Å². The summed E-state index contributed by atoms with van der Waals surface area (Å²) in [5.74, 6) is -2.07. The minimum absolute atomic E-state index is 0.0341. The van der Waals surface area contributed by atoms with Gasteiger partial charge in [0.2, 0.25) is 0 Å². The number of benzene rings is 3. The van der Waals surface area contributed by atoms with Crippen molar-refractivity contribution in [3.63, 3.8) is 0 Å². The van der Waals surface area contributed by atoms with E-state index in [1.165, 1.54) is 24.5 Å². The number of carbonyl (C=O) groups excluding carboxylic acids is 3. The highest BCUT2D eigenvalue weighted by atomic mass is 35.5. The van der Waals surface area contributed by atoms with Gasteiger partial charge in [-0.1, -0.05) is 41.9 Å². The van der Waals surface area contributed by atoms with E-state index in [1.54, 1.807) is 47.3 Å². The zero-order valence-electron chi connectivity index (χ0n) is 26.0. The van der Waals surface area contributed by atoms with Crippen molar-refractivity contribution in [2.75, 3.05) is 12.4 Å². The minimum Gasteiger partial charge on any atom is -0.488 e. The van der Waals surface area contributed by atoms with Crippen molar-refractivity contribution in [2.45, 2.75) is 38.8 Å². The molecule has 3 aromatic carbocycles. The van der Waals surface area contributed by atoms with Gasteiger partial charge in [0.05, 0.1) is 27.6 Å². The number of para-hydroxylation sites is 1. The van der Waals surface area contributed by atoms with Crippen LogP contribution in [0.25, 0.3) is 16.3 Å². The number of carbonyl (C=O) groups is 3. The van der Waals surface area contributed by atoms with E-state index in [9.17, 15) is 18.8 Å². The molecule has 9 nitrogen and oxygen atoms in total. The van der Waals surface area contributed by atoms with E-state index in [4.69, 9.17) is 21.1 Å². The summed E-state index contributed by atoms with van der Waals surface area (Å²) in [7, 11) is 1.22. The topological polar surface area (TPSA) is 112 Å². The number of thiophene rings is 1. The molecule has 0 spiro atoms. The van der Waals surface area contributed by atoms with Crippen molar-refractivity contribution in [3.8, 4) is 22.0 Å². The van der Waals surface area contributed by atoms with Crippen molar-refractivity contribution in [3.05, 3.63) is 118 Å². The van der Waals surface area contributed by atoms with Crippen LogP contribution in [0, 0.1) is 5.82 Å². The average Bonchev–Trinajstić information content (AvgIpc) is 3.67. The third-order valence-electron chi connectivity index (χ3n) is 6.78. The summed E-state index contributed by atoms with van der Waals surface area (Å²) in [6.45, 7) is 5.81. The molecule has 0 aliphatic rings. The second kappa shape index (κ2) is 14.2.